The highest BCUT2D eigenvalue weighted by Gasteiger charge is 2.13. The smallest absolute Gasteiger partial charge is 0.259 e. The lowest BCUT2D eigenvalue weighted by atomic mass is 10.1. The number of nitrogens with one attached hydrogen (secondary N) is 2. The van der Waals surface area contributed by atoms with Crippen LogP contribution in [0.3, 0.4) is 0 Å². The van der Waals surface area contributed by atoms with E-state index in [9.17, 15) is 9.59 Å². The molecule has 0 radical (unpaired) electrons. The Morgan fingerprint density at radius 2 is 1.92 bits per heavy atom. The molecule has 0 atom stereocenters. The molecule has 2 amide bonds. The van der Waals surface area contributed by atoms with Gasteiger partial charge in [-0.2, -0.15) is 0 Å². The molecule has 2 aromatic carbocycles. The minimum Gasteiger partial charge on any atom is -0.493 e. The Balaban J connectivity index is 1.74. The zero-order valence-corrected chi connectivity index (χ0v) is 14.9. The van der Waals surface area contributed by atoms with Crippen LogP contribution in [0, 0.1) is 0 Å². The fraction of sp³-hybridized carbons (Fsp3) is 0.105. The number of aromatic nitrogens is 1. The number of hydrogen-bond donors (Lipinski definition) is 2. The molecular formula is C19H17N3O3S. The van der Waals surface area contributed by atoms with Crippen LogP contribution in [0.2, 0.25) is 0 Å². The summed E-state index contributed by atoms with van der Waals surface area (Å²) in [5.74, 6) is -0.0672. The van der Waals surface area contributed by atoms with Gasteiger partial charge in [-0.25, -0.2) is 4.98 Å². The molecule has 0 spiro atoms. The second-order valence-corrected chi connectivity index (χ2v) is 6.15. The normalized spacial score (nSPS) is 10.2. The van der Waals surface area contributed by atoms with Gasteiger partial charge in [0.25, 0.3) is 11.8 Å². The predicted octanol–water partition coefficient (Wildman–Crippen LogP) is 4.05. The monoisotopic (exact) mass is 367 g/mol. The molecule has 1 heterocycles. The maximum Gasteiger partial charge on any atom is 0.259 e. The Bertz CT molecular complexity index is 910. The molecule has 0 aliphatic rings. The minimum absolute atomic E-state index is 0.286. The highest BCUT2D eigenvalue weighted by atomic mass is 32.1. The van der Waals surface area contributed by atoms with Gasteiger partial charge < -0.3 is 10.1 Å². The van der Waals surface area contributed by atoms with Gasteiger partial charge in [0.1, 0.15) is 5.75 Å². The van der Waals surface area contributed by atoms with Crippen molar-refractivity contribution in [3.05, 3.63) is 71.2 Å². The van der Waals surface area contributed by atoms with Gasteiger partial charge in [0.05, 0.1) is 12.2 Å². The molecule has 0 bridgehead atoms. The maximum absolute atomic E-state index is 12.5. The SMILES string of the molecule is CCOc1ccccc1C(=O)Nc1cccc(C(=O)Nc2nccs2)c1. The quantitative estimate of drug-likeness (QED) is 0.689. The third-order valence-electron chi connectivity index (χ3n) is 3.47. The van der Waals surface area contributed by atoms with Crippen LogP contribution in [-0.4, -0.2) is 23.4 Å². The summed E-state index contributed by atoms with van der Waals surface area (Å²) in [5, 5.41) is 7.81. The molecule has 0 saturated heterocycles. The van der Waals surface area contributed by atoms with E-state index in [4.69, 9.17) is 4.74 Å². The summed E-state index contributed by atoms with van der Waals surface area (Å²) in [7, 11) is 0. The van der Waals surface area contributed by atoms with Crippen LogP contribution in [0.5, 0.6) is 5.75 Å². The van der Waals surface area contributed by atoms with Gasteiger partial charge in [0.15, 0.2) is 5.13 Å². The lowest BCUT2D eigenvalue weighted by Gasteiger charge is -2.11. The Hall–Kier alpha value is -3.19. The average Bonchev–Trinajstić information content (AvgIpc) is 3.15. The fourth-order valence-corrected chi connectivity index (χ4v) is 2.85. The summed E-state index contributed by atoms with van der Waals surface area (Å²) in [5.41, 5.74) is 1.39. The number of nitrogens with zero attached hydrogens (tertiary/aromatic N) is 1. The van der Waals surface area contributed by atoms with Crippen molar-refractivity contribution in [2.24, 2.45) is 0 Å². The van der Waals surface area contributed by atoms with E-state index in [2.05, 4.69) is 15.6 Å². The third kappa shape index (κ3) is 4.25. The van der Waals surface area contributed by atoms with E-state index >= 15 is 0 Å². The van der Waals surface area contributed by atoms with E-state index in [0.717, 1.165) is 0 Å². The van der Waals surface area contributed by atoms with E-state index in [-0.39, 0.29) is 11.8 Å². The second-order valence-electron chi connectivity index (χ2n) is 5.26. The zero-order valence-electron chi connectivity index (χ0n) is 14.1. The number of thiazole rings is 1. The molecule has 3 rings (SSSR count). The largest absolute Gasteiger partial charge is 0.493 e. The maximum atomic E-state index is 12.5. The predicted molar refractivity (Wildman–Crippen MR) is 102 cm³/mol. The number of amides is 2. The Morgan fingerprint density at radius 3 is 2.69 bits per heavy atom. The van der Waals surface area contributed by atoms with Crippen molar-refractivity contribution in [1.82, 2.24) is 4.98 Å². The molecule has 0 saturated carbocycles. The van der Waals surface area contributed by atoms with Gasteiger partial charge in [-0.05, 0) is 37.3 Å². The summed E-state index contributed by atoms with van der Waals surface area (Å²) in [6, 6.07) is 13.7. The number of hydrogen-bond acceptors (Lipinski definition) is 5. The molecule has 132 valence electrons. The van der Waals surface area contributed by atoms with Crippen molar-refractivity contribution >= 4 is 34.0 Å². The second kappa shape index (κ2) is 8.26. The van der Waals surface area contributed by atoms with Gasteiger partial charge in [-0.1, -0.05) is 18.2 Å². The van der Waals surface area contributed by atoms with Crippen LogP contribution in [0.25, 0.3) is 0 Å². The molecule has 2 N–H and O–H groups in total. The Labute approximate surface area is 154 Å². The van der Waals surface area contributed by atoms with Gasteiger partial charge >= 0.3 is 0 Å². The zero-order chi connectivity index (χ0) is 18.4. The van der Waals surface area contributed by atoms with Gasteiger partial charge in [-0.15, -0.1) is 11.3 Å². The molecule has 0 fully saturated rings. The Morgan fingerprint density at radius 1 is 1.08 bits per heavy atom. The van der Waals surface area contributed by atoms with Crippen LogP contribution >= 0.6 is 11.3 Å². The number of benzene rings is 2. The van der Waals surface area contributed by atoms with Gasteiger partial charge in [-0.3, -0.25) is 14.9 Å². The molecule has 0 aliphatic carbocycles. The van der Waals surface area contributed by atoms with Crippen molar-refractivity contribution in [3.63, 3.8) is 0 Å². The van der Waals surface area contributed by atoms with Crippen LogP contribution in [-0.2, 0) is 0 Å². The summed E-state index contributed by atoms with van der Waals surface area (Å²) < 4.78 is 5.49. The van der Waals surface area contributed by atoms with Gasteiger partial charge in [0, 0.05) is 22.8 Å². The lowest BCUT2D eigenvalue weighted by Crippen LogP contribution is -2.15. The van der Waals surface area contributed by atoms with Crippen LogP contribution in [0.1, 0.15) is 27.6 Å². The molecule has 1 aromatic heterocycles. The molecule has 6 nitrogen and oxygen atoms in total. The number of carbonyl (C=O) groups is 2. The minimum atomic E-state index is -0.300. The first-order chi connectivity index (χ1) is 12.7. The van der Waals surface area contributed by atoms with Crippen molar-refractivity contribution in [3.8, 4) is 5.75 Å². The Kier molecular flexibility index (Phi) is 5.60. The molecule has 7 heteroatoms. The average molecular weight is 367 g/mol. The standard InChI is InChI=1S/C19H17N3O3S/c1-2-25-16-9-4-3-8-15(16)18(24)21-14-7-5-6-13(12-14)17(23)22-19-20-10-11-26-19/h3-12H,2H2,1H3,(H,21,24)(H,20,22,23). The fourth-order valence-electron chi connectivity index (χ4n) is 2.33. The lowest BCUT2D eigenvalue weighted by molar-refractivity contribution is 0.101. The van der Waals surface area contributed by atoms with E-state index in [1.165, 1.54) is 11.3 Å². The third-order valence-corrected chi connectivity index (χ3v) is 4.16. The number of ether oxygens (including phenoxy) is 1. The summed E-state index contributed by atoms with van der Waals surface area (Å²) >= 11 is 1.34. The van der Waals surface area contributed by atoms with E-state index in [0.29, 0.717) is 34.3 Å². The topological polar surface area (TPSA) is 80.3 Å². The number of carbonyl (C=O) groups excluding carboxylic acids is 2. The molecule has 0 unspecified atom stereocenters. The molecule has 3 aromatic rings. The van der Waals surface area contributed by atoms with Crippen LogP contribution in [0.4, 0.5) is 10.8 Å². The highest BCUT2D eigenvalue weighted by Crippen LogP contribution is 2.20. The highest BCUT2D eigenvalue weighted by molar-refractivity contribution is 7.13. The van der Waals surface area contributed by atoms with E-state index in [1.54, 1.807) is 54.0 Å². The summed E-state index contributed by atoms with van der Waals surface area (Å²) in [4.78, 5) is 28.9. The molecule has 0 aliphatic heterocycles. The first-order valence-corrected chi connectivity index (χ1v) is 8.89. The number of rotatable bonds is 6. The van der Waals surface area contributed by atoms with E-state index < -0.39 is 0 Å². The molecule has 26 heavy (non-hydrogen) atoms. The van der Waals surface area contributed by atoms with Crippen molar-refractivity contribution in [1.29, 1.82) is 0 Å². The van der Waals surface area contributed by atoms with Crippen LogP contribution < -0.4 is 15.4 Å². The number of para-hydroxylation sites is 1. The van der Waals surface area contributed by atoms with E-state index in [1.807, 2.05) is 13.0 Å². The van der Waals surface area contributed by atoms with Gasteiger partial charge in [0.2, 0.25) is 0 Å². The number of anilines is 2. The first-order valence-electron chi connectivity index (χ1n) is 8.01. The van der Waals surface area contributed by atoms with Crippen molar-refractivity contribution < 1.29 is 14.3 Å². The van der Waals surface area contributed by atoms with Crippen LogP contribution in [0.15, 0.2) is 60.1 Å². The summed E-state index contributed by atoms with van der Waals surface area (Å²) in [6.45, 7) is 2.33. The summed E-state index contributed by atoms with van der Waals surface area (Å²) in [6.07, 6.45) is 1.62. The molecular weight excluding hydrogens is 350 g/mol. The van der Waals surface area contributed by atoms with Crippen molar-refractivity contribution in [2.75, 3.05) is 17.2 Å². The van der Waals surface area contributed by atoms with Crippen molar-refractivity contribution in [2.45, 2.75) is 6.92 Å². The first kappa shape index (κ1) is 17.6.